The molecule has 0 unspecified atom stereocenters. The second-order valence-corrected chi connectivity index (χ2v) is 5.13. The van der Waals surface area contributed by atoms with E-state index in [1.54, 1.807) is 0 Å². The molecule has 1 aromatic heterocycles. The van der Waals surface area contributed by atoms with E-state index >= 15 is 0 Å². The van der Waals surface area contributed by atoms with E-state index in [4.69, 9.17) is 4.52 Å². The van der Waals surface area contributed by atoms with Crippen molar-refractivity contribution >= 4 is 0 Å². The van der Waals surface area contributed by atoms with E-state index in [-0.39, 0.29) is 5.54 Å². The average molecular weight is 211 g/mol. The molecule has 0 aromatic carbocycles. The van der Waals surface area contributed by atoms with E-state index in [1.165, 1.54) is 0 Å². The third-order valence-corrected chi connectivity index (χ3v) is 1.99. The minimum absolute atomic E-state index is 0.140. The van der Waals surface area contributed by atoms with Gasteiger partial charge in [0.15, 0.2) is 5.82 Å². The monoisotopic (exact) mass is 211 g/mol. The molecular formula is C11H21N3O. The van der Waals surface area contributed by atoms with Crippen molar-refractivity contribution in [2.45, 2.75) is 52.5 Å². The van der Waals surface area contributed by atoms with Crippen molar-refractivity contribution < 1.29 is 4.52 Å². The van der Waals surface area contributed by atoms with Gasteiger partial charge >= 0.3 is 0 Å². The van der Waals surface area contributed by atoms with Crippen LogP contribution in [0.15, 0.2) is 4.52 Å². The van der Waals surface area contributed by atoms with Crippen molar-refractivity contribution in [3.63, 3.8) is 0 Å². The lowest BCUT2D eigenvalue weighted by atomic mass is 10.1. The molecule has 0 saturated carbocycles. The Morgan fingerprint density at radius 3 is 2.47 bits per heavy atom. The predicted molar refractivity (Wildman–Crippen MR) is 59.8 cm³/mol. The Bertz CT molecular complexity index is 299. The van der Waals surface area contributed by atoms with Crippen LogP contribution in [0.1, 0.15) is 52.3 Å². The topological polar surface area (TPSA) is 51.0 Å². The Balaban J connectivity index is 2.38. The van der Waals surface area contributed by atoms with Crippen LogP contribution in [0.2, 0.25) is 0 Å². The van der Waals surface area contributed by atoms with E-state index in [9.17, 15) is 0 Å². The molecule has 0 spiro atoms. The number of nitrogens with one attached hydrogen (secondary N) is 1. The molecular weight excluding hydrogens is 190 g/mol. The molecule has 0 radical (unpaired) electrons. The lowest BCUT2D eigenvalue weighted by molar-refractivity contribution is 0.357. The zero-order valence-electron chi connectivity index (χ0n) is 10.3. The second-order valence-electron chi connectivity index (χ2n) is 5.13. The summed E-state index contributed by atoms with van der Waals surface area (Å²) < 4.78 is 5.14. The minimum Gasteiger partial charge on any atom is -0.339 e. The number of rotatable bonds is 4. The summed E-state index contributed by atoms with van der Waals surface area (Å²) in [6, 6.07) is 0. The second kappa shape index (κ2) is 4.75. The third-order valence-electron chi connectivity index (χ3n) is 1.99. The summed E-state index contributed by atoms with van der Waals surface area (Å²) in [6.45, 7) is 11.4. The zero-order valence-corrected chi connectivity index (χ0v) is 10.3. The maximum absolute atomic E-state index is 5.14. The highest BCUT2D eigenvalue weighted by Gasteiger charge is 2.11. The smallest absolute Gasteiger partial charge is 0.227 e. The van der Waals surface area contributed by atoms with E-state index in [1.807, 2.05) is 0 Å². The summed E-state index contributed by atoms with van der Waals surface area (Å²) in [5.41, 5.74) is 0.140. The molecule has 1 heterocycles. The first kappa shape index (κ1) is 12.2. The van der Waals surface area contributed by atoms with Gasteiger partial charge in [-0.15, -0.1) is 0 Å². The number of aromatic nitrogens is 2. The lowest BCUT2D eigenvalue weighted by Gasteiger charge is -2.19. The quantitative estimate of drug-likeness (QED) is 0.828. The van der Waals surface area contributed by atoms with Crippen molar-refractivity contribution in [1.82, 2.24) is 15.5 Å². The van der Waals surface area contributed by atoms with Crippen molar-refractivity contribution in [2.75, 3.05) is 6.54 Å². The van der Waals surface area contributed by atoms with Crippen molar-refractivity contribution in [3.8, 4) is 0 Å². The number of nitrogens with zero attached hydrogens (tertiary/aromatic N) is 2. The maximum Gasteiger partial charge on any atom is 0.227 e. The normalized spacial score (nSPS) is 12.4. The van der Waals surface area contributed by atoms with Crippen LogP contribution in [0.3, 0.4) is 0 Å². The van der Waals surface area contributed by atoms with Crippen LogP contribution in [-0.2, 0) is 6.42 Å². The molecule has 4 nitrogen and oxygen atoms in total. The molecule has 0 bridgehead atoms. The van der Waals surface area contributed by atoms with Gasteiger partial charge in [0.05, 0.1) is 0 Å². The first-order valence-corrected chi connectivity index (χ1v) is 5.46. The summed E-state index contributed by atoms with van der Waals surface area (Å²) in [5.74, 6) is 1.84. The summed E-state index contributed by atoms with van der Waals surface area (Å²) in [4.78, 5) is 4.31. The molecule has 0 fully saturated rings. The molecule has 15 heavy (non-hydrogen) atoms. The van der Waals surface area contributed by atoms with Crippen LogP contribution in [0.25, 0.3) is 0 Å². The van der Waals surface area contributed by atoms with Crippen LogP contribution in [0.4, 0.5) is 0 Å². The van der Waals surface area contributed by atoms with Gasteiger partial charge in [0.1, 0.15) is 0 Å². The highest BCUT2D eigenvalue weighted by molar-refractivity contribution is 4.92. The summed E-state index contributed by atoms with van der Waals surface area (Å²) in [7, 11) is 0. The van der Waals surface area contributed by atoms with Gasteiger partial charge in [-0.25, -0.2) is 0 Å². The van der Waals surface area contributed by atoms with Gasteiger partial charge in [-0.2, -0.15) is 4.98 Å². The standard InChI is InChI=1S/C11H21N3O/c1-8(2)10-13-9(15-14-10)6-7-12-11(3,4)5/h8,12H,6-7H2,1-5H3. The van der Waals surface area contributed by atoms with Gasteiger partial charge in [0, 0.05) is 24.4 Å². The molecule has 0 aliphatic heterocycles. The SMILES string of the molecule is CC(C)c1noc(CCNC(C)(C)C)n1. The first-order chi connectivity index (χ1) is 6.88. The highest BCUT2D eigenvalue weighted by Crippen LogP contribution is 2.09. The summed E-state index contributed by atoms with van der Waals surface area (Å²) in [6.07, 6.45) is 0.789. The van der Waals surface area contributed by atoms with E-state index in [0.29, 0.717) is 5.92 Å². The Morgan fingerprint density at radius 1 is 1.33 bits per heavy atom. The van der Waals surface area contributed by atoms with Crippen molar-refractivity contribution in [3.05, 3.63) is 11.7 Å². The fourth-order valence-corrected chi connectivity index (χ4v) is 1.15. The van der Waals surface area contributed by atoms with Gasteiger partial charge in [0.25, 0.3) is 0 Å². The number of hydrogen-bond donors (Lipinski definition) is 1. The summed E-state index contributed by atoms with van der Waals surface area (Å²) in [5, 5.41) is 7.30. The zero-order chi connectivity index (χ0) is 11.5. The molecule has 0 saturated heterocycles. The average Bonchev–Trinajstić information content (AvgIpc) is 2.50. The van der Waals surface area contributed by atoms with Crippen molar-refractivity contribution in [2.24, 2.45) is 0 Å². The Morgan fingerprint density at radius 2 is 2.00 bits per heavy atom. The van der Waals surface area contributed by atoms with Gasteiger partial charge < -0.3 is 9.84 Å². The van der Waals surface area contributed by atoms with E-state index in [0.717, 1.165) is 24.7 Å². The number of hydrogen-bond acceptors (Lipinski definition) is 4. The molecule has 1 rings (SSSR count). The van der Waals surface area contributed by atoms with Crippen LogP contribution in [-0.4, -0.2) is 22.2 Å². The molecule has 1 N–H and O–H groups in total. The Labute approximate surface area is 91.5 Å². The molecule has 4 heteroatoms. The van der Waals surface area contributed by atoms with Gasteiger partial charge in [-0.1, -0.05) is 19.0 Å². The molecule has 0 atom stereocenters. The van der Waals surface area contributed by atoms with Gasteiger partial charge in [-0.3, -0.25) is 0 Å². The Kier molecular flexibility index (Phi) is 3.85. The van der Waals surface area contributed by atoms with E-state index < -0.39 is 0 Å². The molecule has 0 amide bonds. The summed E-state index contributed by atoms with van der Waals surface area (Å²) >= 11 is 0. The van der Waals surface area contributed by atoms with Crippen LogP contribution >= 0.6 is 0 Å². The van der Waals surface area contributed by atoms with Gasteiger partial charge in [-0.05, 0) is 20.8 Å². The Hall–Kier alpha value is -0.900. The highest BCUT2D eigenvalue weighted by atomic mass is 16.5. The minimum atomic E-state index is 0.140. The lowest BCUT2D eigenvalue weighted by Crippen LogP contribution is -2.37. The predicted octanol–water partition coefficient (Wildman–Crippen LogP) is 2.12. The fraction of sp³-hybridized carbons (Fsp3) is 0.818. The molecule has 0 aliphatic rings. The van der Waals surface area contributed by atoms with Gasteiger partial charge in [0.2, 0.25) is 5.89 Å². The molecule has 1 aromatic rings. The fourth-order valence-electron chi connectivity index (χ4n) is 1.15. The van der Waals surface area contributed by atoms with Crippen LogP contribution < -0.4 is 5.32 Å². The maximum atomic E-state index is 5.14. The largest absolute Gasteiger partial charge is 0.339 e. The molecule has 86 valence electrons. The van der Waals surface area contributed by atoms with Crippen LogP contribution in [0.5, 0.6) is 0 Å². The van der Waals surface area contributed by atoms with Crippen molar-refractivity contribution in [1.29, 1.82) is 0 Å². The first-order valence-electron chi connectivity index (χ1n) is 5.46. The van der Waals surface area contributed by atoms with Crippen LogP contribution in [0, 0.1) is 0 Å². The van der Waals surface area contributed by atoms with E-state index in [2.05, 4.69) is 50.1 Å². The molecule has 0 aliphatic carbocycles. The third kappa shape index (κ3) is 4.42.